The number of aromatic nitrogens is 3. The van der Waals surface area contributed by atoms with Crippen LogP contribution in [-0.2, 0) is 0 Å². The molecular formula is C21H29N5O. The number of pyridine rings is 1. The lowest BCUT2D eigenvalue weighted by molar-refractivity contribution is 0.0698. The van der Waals surface area contributed by atoms with Crippen molar-refractivity contribution in [1.82, 2.24) is 25.0 Å². The molecule has 2 aromatic rings. The number of carbonyl (C=O) groups is 1. The van der Waals surface area contributed by atoms with Crippen molar-refractivity contribution >= 4 is 5.91 Å². The number of hydrogen-bond donors (Lipinski definition) is 1. The summed E-state index contributed by atoms with van der Waals surface area (Å²) in [5.41, 5.74) is 2.32. The molecule has 1 aliphatic heterocycles. The van der Waals surface area contributed by atoms with E-state index in [1.54, 1.807) is 12.4 Å². The topological polar surface area (TPSA) is 65.1 Å². The maximum absolute atomic E-state index is 13.1. The maximum Gasteiger partial charge on any atom is 0.271 e. The van der Waals surface area contributed by atoms with Crippen LogP contribution < -0.4 is 0 Å². The second kappa shape index (κ2) is 7.80. The molecule has 6 heteroatoms. The Bertz CT molecular complexity index is 768. The van der Waals surface area contributed by atoms with E-state index in [1.807, 2.05) is 23.1 Å². The molecule has 2 fully saturated rings. The van der Waals surface area contributed by atoms with Crippen LogP contribution in [0.5, 0.6) is 0 Å². The zero-order chi connectivity index (χ0) is 18.8. The van der Waals surface area contributed by atoms with Gasteiger partial charge in [-0.1, -0.05) is 13.8 Å². The Morgan fingerprint density at radius 3 is 2.74 bits per heavy atom. The molecule has 2 aliphatic rings. The predicted octanol–water partition coefficient (Wildman–Crippen LogP) is 3.05. The second-order valence-corrected chi connectivity index (χ2v) is 8.26. The molecule has 0 radical (unpaired) electrons. The zero-order valence-electron chi connectivity index (χ0n) is 16.3. The van der Waals surface area contributed by atoms with Crippen molar-refractivity contribution in [3.8, 4) is 11.3 Å². The van der Waals surface area contributed by atoms with Crippen molar-refractivity contribution in [2.45, 2.75) is 39.2 Å². The van der Waals surface area contributed by atoms with E-state index < -0.39 is 0 Å². The molecule has 1 atom stereocenters. The van der Waals surface area contributed by atoms with Crippen LogP contribution in [0.15, 0.2) is 30.6 Å². The summed E-state index contributed by atoms with van der Waals surface area (Å²) in [6, 6.07) is 6.09. The number of rotatable bonds is 5. The average molecular weight is 367 g/mol. The Morgan fingerprint density at radius 2 is 2.04 bits per heavy atom. The van der Waals surface area contributed by atoms with Crippen LogP contribution in [0.4, 0.5) is 0 Å². The summed E-state index contributed by atoms with van der Waals surface area (Å²) in [6.07, 6.45) is 7.25. The van der Waals surface area contributed by atoms with Gasteiger partial charge in [-0.15, -0.1) is 0 Å². The summed E-state index contributed by atoms with van der Waals surface area (Å²) < 4.78 is 0. The fourth-order valence-corrected chi connectivity index (χ4v) is 4.01. The highest BCUT2D eigenvalue weighted by atomic mass is 16.2. The normalized spacial score (nSPS) is 21.4. The summed E-state index contributed by atoms with van der Waals surface area (Å²) in [7, 11) is 0. The van der Waals surface area contributed by atoms with Crippen molar-refractivity contribution < 1.29 is 4.79 Å². The van der Waals surface area contributed by atoms with E-state index in [0.717, 1.165) is 43.2 Å². The van der Waals surface area contributed by atoms with Crippen LogP contribution in [0.25, 0.3) is 11.3 Å². The fourth-order valence-electron chi connectivity index (χ4n) is 4.01. The largest absolute Gasteiger partial charge is 0.336 e. The van der Waals surface area contributed by atoms with Gasteiger partial charge < -0.3 is 4.90 Å². The van der Waals surface area contributed by atoms with Crippen LogP contribution in [0.2, 0.25) is 0 Å². The first-order valence-electron chi connectivity index (χ1n) is 10.1. The molecule has 0 aromatic carbocycles. The second-order valence-electron chi connectivity index (χ2n) is 8.26. The van der Waals surface area contributed by atoms with Crippen LogP contribution in [-0.4, -0.2) is 63.1 Å². The zero-order valence-corrected chi connectivity index (χ0v) is 16.3. The number of H-pyrrole nitrogens is 1. The fraction of sp³-hybridized carbons (Fsp3) is 0.571. The first kappa shape index (κ1) is 18.2. The molecule has 1 saturated carbocycles. The Hall–Kier alpha value is -2.21. The molecule has 1 amide bonds. The SMILES string of the molecule is CC(C)[C@H]1CN(C(=O)c2cc(-c3ccncc3)n[nH]2)CCCN1CC1CC1. The summed E-state index contributed by atoms with van der Waals surface area (Å²) >= 11 is 0. The summed E-state index contributed by atoms with van der Waals surface area (Å²) in [4.78, 5) is 21.8. The quantitative estimate of drug-likeness (QED) is 0.882. The van der Waals surface area contributed by atoms with E-state index in [0.29, 0.717) is 17.7 Å². The van der Waals surface area contributed by atoms with E-state index in [2.05, 4.69) is 33.9 Å². The van der Waals surface area contributed by atoms with Crippen molar-refractivity contribution in [3.63, 3.8) is 0 Å². The summed E-state index contributed by atoms with van der Waals surface area (Å²) in [5.74, 6) is 1.47. The molecule has 4 rings (SSSR count). The van der Waals surface area contributed by atoms with Gasteiger partial charge in [-0.05, 0) is 49.3 Å². The van der Waals surface area contributed by atoms with Crippen LogP contribution in [0.1, 0.15) is 43.6 Å². The minimum Gasteiger partial charge on any atom is -0.336 e. The number of hydrogen-bond acceptors (Lipinski definition) is 4. The third-order valence-corrected chi connectivity index (χ3v) is 5.78. The third kappa shape index (κ3) is 4.21. The molecular weight excluding hydrogens is 338 g/mol. The van der Waals surface area contributed by atoms with Gasteiger partial charge in [-0.3, -0.25) is 19.8 Å². The van der Waals surface area contributed by atoms with Crippen molar-refractivity contribution in [2.75, 3.05) is 26.2 Å². The van der Waals surface area contributed by atoms with Gasteiger partial charge >= 0.3 is 0 Å². The molecule has 6 nitrogen and oxygen atoms in total. The monoisotopic (exact) mass is 367 g/mol. The number of aromatic amines is 1. The number of amides is 1. The van der Waals surface area contributed by atoms with Gasteiger partial charge in [-0.2, -0.15) is 5.10 Å². The van der Waals surface area contributed by atoms with E-state index in [-0.39, 0.29) is 5.91 Å². The van der Waals surface area contributed by atoms with E-state index in [4.69, 9.17) is 0 Å². The van der Waals surface area contributed by atoms with Crippen LogP contribution >= 0.6 is 0 Å². The number of nitrogens with one attached hydrogen (secondary N) is 1. The molecule has 2 aromatic heterocycles. The molecule has 0 unspecified atom stereocenters. The lowest BCUT2D eigenvalue weighted by Gasteiger charge is -2.34. The van der Waals surface area contributed by atoms with Crippen LogP contribution in [0.3, 0.4) is 0 Å². The lowest BCUT2D eigenvalue weighted by atomic mass is 10.0. The Morgan fingerprint density at radius 1 is 1.26 bits per heavy atom. The summed E-state index contributed by atoms with van der Waals surface area (Å²) in [6.45, 7) is 8.45. The number of carbonyl (C=O) groups excluding carboxylic acids is 1. The molecule has 144 valence electrons. The first-order chi connectivity index (χ1) is 13.1. The van der Waals surface area contributed by atoms with Gasteiger partial charge in [0.2, 0.25) is 0 Å². The molecule has 1 N–H and O–H groups in total. The van der Waals surface area contributed by atoms with E-state index >= 15 is 0 Å². The lowest BCUT2D eigenvalue weighted by Crippen LogP contribution is -2.46. The van der Waals surface area contributed by atoms with E-state index in [1.165, 1.54) is 19.4 Å². The molecule has 0 bridgehead atoms. The van der Waals surface area contributed by atoms with Gasteiger partial charge in [0, 0.05) is 50.2 Å². The van der Waals surface area contributed by atoms with Gasteiger partial charge in [0.25, 0.3) is 5.91 Å². The highest BCUT2D eigenvalue weighted by Crippen LogP contribution is 2.32. The minimum absolute atomic E-state index is 0.0572. The van der Waals surface area contributed by atoms with Crippen molar-refractivity contribution in [1.29, 1.82) is 0 Å². The molecule has 1 saturated heterocycles. The van der Waals surface area contributed by atoms with Crippen LogP contribution in [0, 0.1) is 11.8 Å². The Balaban J connectivity index is 1.48. The molecule has 3 heterocycles. The highest BCUT2D eigenvalue weighted by Gasteiger charge is 2.33. The van der Waals surface area contributed by atoms with E-state index in [9.17, 15) is 4.79 Å². The third-order valence-electron chi connectivity index (χ3n) is 5.78. The van der Waals surface area contributed by atoms with Crippen molar-refractivity contribution in [3.05, 3.63) is 36.3 Å². The smallest absolute Gasteiger partial charge is 0.271 e. The standard InChI is InChI=1S/C21H29N5O/c1-15(2)20-14-26(11-3-10-25(20)13-16-4-5-16)21(27)19-12-18(23-24-19)17-6-8-22-9-7-17/h6-9,12,15-16,20H,3-5,10-11,13-14H2,1-2H3,(H,23,24)/t20-/m1/s1. The molecule has 0 spiro atoms. The molecule has 27 heavy (non-hydrogen) atoms. The minimum atomic E-state index is 0.0572. The van der Waals surface area contributed by atoms with Crippen molar-refractivity contribution in [2.24, 2.45) is 11.8 Å². The Kier molecular flexibility index (Phi) is 5.25. The highest BCUT2D eigenvalue weighted by molar-refractivity contribution is 5.93. The Labute approximate surface area is 161 Å². The predicted molar refractivity (Wildman–Crippen MR) is 105 cm³/mol. The maximum atomic E-state index is 13.1. The summed E-state index contributed by atoms with van der Waals surface area (Å²) in [5, 5.41) is 7.28. The van der Waals surface area contributed by atoms with Gasteiger partial charge in [0.15, 0.2) is 0 Å². The number of nitrogens with zero attached hydrogens (tertiary/aromatic N) is 4. The van der Waals surface area contributed by atoms with Gasteiger partial charge in [0.05, 0.1) is 5.69 Å². The molecule has 1 aliphatic carbocycles. The first-order valence-corrected chi connectivity index (χ1v) is 10.1. The van der Waals surface area contributed by atoms with Gasteiger partial charge in [0.1, 0.15) is 5.69 Å². The average Bonchev–Trinajstić information content (AvgIpc) is 3.40. The van der Waals surface area contributed by atoms with Gasteiger partial charge in [-0.25, -0.2) is 0 Å².